The lowest BCUT2D eigenvalue weighted by Crippen LogP contribution is -2.43. The quantitative estimate of drug-likeness (QED) is 0.537. The Balaban J connectivity index is 2.25. The predicted octanol–water partition coefficient (Wildman–Crippen LogP) is 1.40. The monoisotopic (exact) mass is 163 g/mol. The number of fused-ring (bicyclic) bond motifs is 1. The number of carbonyl (C=O) groups is 1. The van der Waals surface area contributed by atoms with Crippen LogP contribution in [0.25, 0.3) is 0 Å². The van der Waals surface area contributed by atoms with Crippen molar-refractivity contribution in [2.45, 2.75) is 25.8 Å². The lowest BCUT2D eigenvalue weighted by Gasteiger charge is -2.30. The van der Waals surface area contributed by atoms with E-state index < -0.39 is 0 Å². The van der Waals surface area contributed by atoms with E-state index in [9.17, 15) is 4.79 Å². The topological polar surface area (TPSA) is 29.1 Å². The highest BCUT2D eigenvalue weighted by atomic mass is 16.1. The molecule has 64 valence electrons. The number of nitrogens with one attached hydrogen (secondary N) is 1. The highest BCUT2D eigenvalue weighted by Gasteiger charge is 2.26. The van der Waals surface area contributed by atoms with Gasteiger partial charge in [-0.25, -0.2) is 0 Å². The molecule has 1 aliphatic carbocycles. The Morgan fingerprint density at radius 2 is 2.42 bits per heavy atom. The van der Waals surface area contributed by atoms with Gasteiger partial charge in [-0.2, -0.15) is 0 Å². The van der Waals surface area contributed by atoms with Gasteiger partial charge >= 0.3 is 0 Å². The molecule has 12 heavy (non-hydrogen) atoms. The van der Waals surface area contributed by atoms with Gasteiger partial charge in [0, 0.05) is 11.5 Å². The summed E-state index contributed by atoms with van der Waals surface area (Å²) < 4.78 is 0. The standard InChI is InChI=1S/C10H13NO/c1-7-6-8-4-2-3-5-9(8)11-10(7)12/h3,5-6,8-9H,2,4H2,1H3,(H,11,12). The number of amides is 1. The van der Waals surface area contributed by atoms with Crippen molar-refractivity contribution in [3.63, 3.8) is 0 Å². The van der Waals surface area contributed by atoms with E-state index in [1.54, 1.807) is 0 Å². The average Bonchev–Trinajstić information content (AvgIpc) is 2.07. The van der Waals surface area contributed by atoms with E-state index in [-0.39, 0.29) is 11.9 Å². The van der Waals surface area contributed by atoms with Crippen LogP contribution in [0.5, 0.6) is 0 Å². The second-order valence-electron chi connectivity index (χ2n) is 3.52. The zero-order valence-corrected chi connectivity index (χ0v) is 7.21. The number of hydrogen-bond acceptors (Lipinski definition) is 1. The summed E-state index contributed by atoms with van der Waals surface area (Å²) in [5.74, 6) is 0.621. The second-order valence-corrected chi connectivity index (χ2v) is 3.52. The van der Waals surface area contributed by atoms with Crippen molar-refractivity contribution in [2.75, 3.05) is 0 Å². The minimum absolute atomic E-state index is 0.0859. The van der Waals surface area contributed by atoms with Gasteiger partial charge in [-0.15, -0.1) is 0 Å². The molecule has 2 nitrogen and oxygen atoms in total. The van der Waals surface area contributed by atoms with Crippen LogP contribution in [0.3, 0.4) is 0 Å². The molecule has 0 aromatic heterocycles. The number of allylic oxidation sites excluding steroid dienone is 1. The molecule has 1 heterocycles. The molecule has 2 heteroatoms. The van der Waals surface area contributed by atoms with Gasteiger partial charge in [-0.05, 0) is 19.8 Å². The molecular weight excluding hydrogens is 150 g/mol. The van der Waals surface area contributed by atoms with Crippen molar-refractivity contribution >= 4 is 5.91 Å². The molecule has 1 amide bonds. The Labute approximate surface area is 72.3 Å². The maximum atomic E-state index is 11.2. The van der Waals surface area contributed by atoms with Crippen LogP contribution < -0.4 is 5.32 Å². The lowest BCUT2D eigenvalue weighted by atomic mass is 9.85. The highest BCUT2D eigenvalue weighted by Crippen LogP contribution is 2.24. The van der Waals surface area contributed by atoms with Gasteiger partial charge < -0.3 is 5.32 Å². The molecule has 0 saturated carbocycles. The van der Waals surface area contributed by atoms with Crippen molar-refractivity contribution < 1.29 is 4.79 Å². The van der Waals surface area contributed by atoms with E-state index >= 15 is 0 Å². The Bertz CT molecular complexity index is 265. The van der Waals surface area contributed by atoms with Crippen LogP contribution in [-0.2, 0) is 4.79 Å². The van der Waals surface area contributed by atoms with E-state index in [1.165, 1.54) is 6.42 Å². The third kappa shape index (κ3) is 1.17. The van der Waals surface area contributed by atoms with Crippen LogP contribution in [0.4, 0.5) is 0 Å². The Morgan fingerprint density at radius 1 is 1.58 bits per heavy atom. The molecule has 0 fully saturated rings. The summed E-state index contributed by atoms with van der Waals surface area (Å²) in [6.45, 7) is 1.88. The van der Waals surface area contributed by atoms with Gasteiger partial charge in [0.05, 0.1) is 6.04 Å². The van der Waals surface area contributed by atoms with E-state index in [4.69, 9.17) is 0 Å². The van der Waals surface area contributed by atoms with Crippen molar-refractivity contribution in [3.05, 3.63) is 23.8 Å². The third-order valence-electron chi connectivity index (χ3n) is 2.59. The fraction of sp³-hybridized carbons (Fsp3) is 0.500. The third-order valence-corrected chi connectivity index (χ3v) is 2.59. The van der Waals surface area contributed by atoms with Crippen LogP contribution >= 0.6 is 0 Å². The average molecular weight is 163 g/mol. The molecule has 1 aliphatic heterocycles. The van der Waals surface area contributed by atoms with Crippen LogP contribution in [-0.4, -0.2) is 11.9 Å². The fourth-order valence-electron chi connectivity index (χ4n) is 1.86. The highest BCUT2D eigenvalue weighted by molar-refractivity contribution is 5.94. The molecule has 1 N–H and O–H groups in total. The molecule has 0 spiro atoms. The first-order valence-corrected chi connectivity index (χ1v) is 4.43. The van der Waals surface area contributed by atoms with Gasteiger partial charge in [-0.3, -0.25) is 4.79 Å². The number of carbonyl (C=O) groups excluding carboxylic acids is 1. The van der Waals surface area contributed by atoms with Crippen LogP contribution in [0, 0.1) is 5.92 Å². The molecule has 2 rings (SSSR count). The fourth-order valence-corrected chi connectivity index (χ4v) is 1.86. The lowest BCUT2D eigenvalue weighted by molar-refractivity contribution is -0.118. The minimum Gasteiger partial charge on any atom is -0.346 e. The summed E-state index contributed by atoms with van der Waals surface area (Å²) in [4.78, 5) is 11.2. The summed E-state index contributed by atoms with van der Waals surface area (Å²) in [5, 5.41) is 2.97. The molecular formula is C10H13NO. The summed E-state index contributed by atoms with van der Waals surface area (Å²) >= 11 is 0. The van der Waals surface area contributed by atoms with Crippen molar-refractivity contribution in [1.82, 2.24) is 5.32 Å². The van der Waals surface area contributed by atoms with Gasteiger partial charge in [0.25, 0.3) is 0 Å². The Kier molecular flexibility index (Phi) is 1.75. The summed E-state index contributed by atoms with van der Waals surface area (Å²) in [6, 6.07) is 0.259. The zero-order chi connectivity index (χ0) is 8.55. The number of hydrogen-bond donors (Lipinski definition) is 1. The minimum atomic E-state index is 0.0859. The first-order chi connectivity index (χ1) is 5.77. The largest absolute Gasteiger partial charge is 0.346 e. The Hall–Kier alpha value is -1.05. The maximum Gasteiger partial charge on any atom is 0.247 e. The van der Waals surface area contributed by atoms with Gasteiger partial charge in [0.1, 0.15) is 0 Å². The van der Waals surface area contributed by atoms with Gasteiger partial charge in [-0.1, -0.05) is 18.2 Å². The summed E-state index contributed by atoms with van der Waals surface area (Å²) in [6.07, 6.45) is 8.66. The van der Waals surface area contributed by atoms with Crippen LogP contribution in [0.1, 0.15) is 19.8 Å². The van der Waals surface area contributed by atoms with Gasteiger partial charge in [0.2, 0.25) is 5.91 Å². The maximum absolute atomic E-state index is 11.2. The van der Waals surface area contributed by atoms with Crippen molar-refractivity contribution in [2.24, 2.45) is 5.92 Å². The molecule has 0 aromatic rings. The number of rotatable bonds is 0. The molecule has 0 saturated heterocycles. The van der Waals surface area contributed by atoms with Crippen molar-refractivity contribution in [3.8, 4) is 0 Å². The van der Waals surface area contributed by atoms with Gasteiger partial charge in [0.15, 0.2) is 0 Å². The van der Waals surface area contributed by atoms with Crippen LogP contribution in [0.2, 0.25) is 0 Å². The molecule has 2 aliphatic rings. The van der Waals surface area contributed by atoms with E-state index in [1.807, 2.05) is 6.92 Å². The summed E-state index contributed by atoms with van der Waals surface area (Å²) in [5.41, 5.74) is 0.867. The normalized spacial score (nSPS) is 33.8. The first kappa shape index (κ1) is 7.59. The second kappa shape index (κ2) is 2.77. The zero-order valence-electron chi connectivity index (χ0n) is 7.21. The van der Waals surface area contributed by atoms with E-state index in [0.717, 1.165) is 12.0 Å². The molecule has 2 unspecified atom stereocenters. The van der Waals surface area contributed by atoms with E-state index in [0.29, 0.717) is 5.92 Å². The molecule has 2 atom stereocenters. The first-order valence-electron chi connectivity index (χ1n) is 4.43. The van der Waals surface area contributed by atoms with E-state index in [2.05, 4.69) is 23.5 Å². The smallest absolute Gasteiger partial charge is 0.247 e. The predicted molar refractivity (Wildman–Crippen MR) is 47.6 cm³/mol. The SMILES string of the molecule is CC1=CC2CCC=CC2NC1=O. The molecule has 0 aromatic carbocycles. The summed E-state index contributed by atoms with van der Waals surface area (Å²) in [7, 11) is 0. The van der Waals surface area contributed by atoms with Crippen molar-refractivity contribution in [1.29, 1.82) is 0 Å². The van der Waals surface area contributed by atoms with Crippen LogP contribution in [0.15, 0.2) is 23.8 Å². The molecule has 0 bridgehead atoms. The Morgan fingerprint density at radius 3 is 3.25 bits per heavy atom. The molecule has 0 radical (unpaired) electrons.